The molecule has 29 heavy (non-hydrogen) atoms. The third kappa shape index (κ3) is 7.34. The Labute approximate surface area is 182 Å². The second-order valence-corrected chi connectivity index (χ2v) is 15.4. The lowest BCUT2D eigenvalue weighted by Gasteiger charge is -2.38. The quantitative estimate of drug-likeness (QED) is 0.191. The minimum atomic E-state index is -1.82. The molecule has 0 radical (unpaired) electrons. The molecule has 0 saturated carbocycles. The van der Waals surface area contributed by atoms with E-state index < -0.39 is 8.32 Å². The second-order valence-electron chi connectivity index (χ2n) is 10.5. The molecular weight excluding hydrogens is 376 g/mol. The van der Waals surface area contributed by atoms with Gasteiger partial charge in [0.1, 0.15) is 11.2 Å². The maximum absolute atomic E-state index is 6.55. The van der Waals surface area contributed by atoms with Crippen LogP contribution in [-0.4, -0.2) is 26.1 Å². The molecular formula is C25H48O3Si. The van der Waals surface area contributed by atoms with Gasteiger partial charge in [-0.2, -0.15) is 0 Å². The van der Waals surface area contributed by atoms with Crippen molar-refractivity contribution >= 4 is 8.32 Å². The summed E-state index contributed by atoms with van der Waals surface area (Å²) in [5.41, 5.74) is 0.693. The van der Waals surface area contributed by atoms with Crippen LogP contribution >= 0.6 is 0 Å². The average Bonchev–Trinajstić information content (AvgIpc) is 3.02. The van der Waals surface area contributed by atoms with E-state index >= 15 is 0 Å². The van der Waals surface area contributed by atoms with Crippen molar-refractivity contribution in [1.82, 2.24) is 0 Å². The molecule has 0 aromatic carbocycles. The van der Waals surface area contributed by atoms with E-state index in [0.29, 0.717) is 12.5 Å². The lowest BCUT2D eigenvalue weighted by atomic mass is 9.83. The van der Waals surface area contributed by atoms with E-state index in [-0.39, 0.29) is 16.2 Å². The van der Waals surface area contributed by atoms with Gasteiger partial charge in [-0.05, 0) is 63.1 Å². The highest BCUT2D eigenvalue weighted by Crippen LogP contribution is 2.44. The molecule has 170 valence electrons. The van der Waals surface area contributed by atoms with E-state index in [1.54, 1.807) is 0 Å². The standard InChI is InChI=1S/C25H48O3Si/c1-11-15-16-22(12-2)17-21(5)18-24(13-3)19-25(14-4,28-27-24)20-26-29(9,10)23(6,7)8/h15-16,18,22H,11-14,17,19-20H2,1-10H3/b16-15+,21-18+/t22-,24?,25?/m0/s1. The van der Waals surface area contributed by atoms with Crippen LogP contribution in [0.3, 0.4) is 0 Å². The molecule has 1 fully saturated rings. The SMILES string of the molecule is CC/C=C/[C@H](CC)C/C(C)=C/C1(CC)CC(CC)(CO[Si](C)(C)C(C)(C)C)OO1. The molecule has 1 aliphatic rings. The van der Waals surface area contributed by atoms with Gasteiger partial charge in [0.25, 0.3) is 0 Å². The van der Waals surface area contributed by atoms with Gasteiger partial charge < -0.3 is 4.43 Å². The largest absolute Gasteiger partial charge is 0.414 e. The van der Waals surface area contributed by atoms with Gasteiger partial charge in [-0.3, -0.25) is 0 Å². The first-order valence-corrected chi connectivity index (χ1v) is 14.6. The van der Waals surface area contributed by atoms with Crippen molar-refractivity contribution in [2.75, 3.05) is 6.61 Å². The molecule has 0 spiro atoms. The number of rotatable bonds is 11. The summed E-state index contributed by atoms with van der Waals surface area (Å²) < 4.78 is 6.55. The second kappa shape index (κ2) is 10.7. The summed E-state index contributed by atoms with van der Waals surface area (Å²) in [6.07, 6.45) is 13.0. The Hall–Kier alpha value is -0.423. The van der Waals surface area contributed by atoms with Crippen LogP contribution < -0.4 is 0 Å². The third-order valence-electron chi connectivity index (χ3n) is 7.01. The van der Waals surface area contributed by atoms with Crippen molar-refractivity contribution in [3.63, 3.8) is 0 Å². The topological polar surface area (TPSA) is 27.7 Å². The first-order valence-electron chi connectivity index (χ1n) is 11.7. The highest BCUT2D eigenvalue weighted by molar-refractivity contribution is 6.74. The molecule has 1 saturated heterocycles. The maximum Gasteiger partial charge on any atom is 0.192 e. The van der Waals surface area contributed by atoms with E-state index in [0.717, 1.165) is 38.5 Å². The minimum absolute atomic E-state index is 0.195. The van der Waals surface area contributed by atoms with Crippen LogP contribution in [0.5, 0.6) is 0 Å². The zero-order valence-electron chi connectivity index (χ0n) is 21.0. The Balaban J connectivity index is 2.92. The van der Waals surface area contributed by atoms with Crippen LogP contribution in [0.4, 0.5) is 0 Å². The van der Waals surface area contributed by atoms with Gasteiger partial charge in [-0.1, -0.05) is 72.3 Å². The summed E-state index contributed by atoms with van der Waals surface area (Å²) in [7, 11) is -1.82. The molecule has 2 unspecified atom stereocenters. The Morgan fingerprint density at radius 2 is 1.76 bits per heavy atom. The highest BCUT2D eigenvalue weighted by Gasteiger charge is 2.50. The fourth-order valence-corrected chi connectivity index (χ4v) is 4.68. The first-order chi connectivity index (χ1) is 13.4. The lowest BCUT2D eigenvalue weighted by molar-refractivity contribution is -0.346. The van der Waals surface area contributed by atoms with Crippen LogP contribution in [0.2, 0.25) is 18.1 Å². The van der Waals surface area contributed by atoms with Crippen LogP contribution in [-0.2, 0) is 14.2 Å². The van der Waals surface area contributed by atoms with Crippen molar-refractivity contribution in [3.05, 3.63) is 23.8 Å². The predicted octanol–water partition coefficient (Wildman–Crippen LogP) is 7.99. The van der Waals surface area contributed by atoms with Crippen LogP contribution in [0.25, 0.3) is 0 Å². The van der Waals surface area contributed by atoms with E-state index in [1.807, 2.05) is 0 Å². The first kappa shape index (κ1) is 26.6. The molecule has 0 bridgehead atoms. The van der Waals surface area contributed by atoms with Gasteiger partial charge in [0.15, 0.2) is 8.32 Å². The molecule has 0 aromatic rings. The zero-order chi connectivity index (χ0) is 22.3. The smallest absolute Gasteiger partial charge is 0.192 e. The molecule has 0 aliphatic carbocycles. The van der Waals surface area contributed by atoms with Crippen molar-refractivity contribution in [2.24, 2.45) is 5.92 Å². The highest BCUT2D eigenvalue weighted by atomic mass is 28.4. The summed E-state index contributed by atoms with van der Waals surface area (Å²) in [4.78, 5) is 12.1. The monoisotopic (exact) mass is 424 g/mol. The molecule has 3 atom stereocenters. The third-order valence-corrected chi connectivity index (χ3v) is 11.5. The predicted molar refractivity (Wildman–Crippen MR) is 128 cm³/mol. The van der Waals surface area contributed by atoms with E-state index in [1.165, 1.54) is 5.57 Å². The summed E-state index contributed by atoms with van der Waals surface area (Å²) in [6, 6.07) is 0. The number of hydrogen-bond donors (Lipinski definition) is 0. The lowest BCUT2D eigenvalue weighted by Crippen LogP contribution is -2.46. The molecule has 3 nitrogen and oxygen atoms in total. The van der Waals surface area contributed by atoms with E-state index in [4.69, 9.17) is 14.2 Å². The van der Waals surface area contributed by atoms with E-state index in [2.05, 4.69) is 86.7 Å². The minimum Gasteiger partial charge on any atom is -0.414 e. The molecule has 0 amide bonds. The van der Waals surface area contributed by atoms with Crippen molar-refractivity contribution in [2.45, 2.75) is 123 Å². The van der Waals surface area contributed by atoms with Gasteiger partial charge >= 0.3 is 0 Å². The van der Waals surface area contributed by atoms with Crippen LogP contribution in [0.15, 0.2) is 23.8 Å². The summed E-state index contributed by atoms with van der Waals surface area (Å²) in [5, 5.41) is 0.195. The summed E-state index contributed by atoms with van der Waals surface area (Å²) in [6.45, 7) is 23.1. The van der Waals surface area contributed by atoms with Gasteiger partial charge in [0.05, 0.1) is 6.61 Å². The Morgan fingerprint density at radius 3 is 2.24 bits per heavy atom. The number of allylic oxidation sites excluding steroid dienone is 3. The fourth-order valence-electron chi connectivity index (χ4n) is 3.62. The molecule has 1 aliphatic heterocycles. The molecule has 0 N–H and O–H groups in total. The van der Waals surface area contributed by atoms with Gasteiger partial charge in [-0.25, -0.2) is 9.78 Å². The van der Waals surface area contributed by atoms with Gasteiger partial charge in [0, 0.05) is 6.42 Å². The molecule has 0 aromatic heterocycles. The van der Waals surface area contributed by atoms with Crippen molar-refractivity contribution in [1.29, 1.82) is 0 Å². The maximum atomic E-state index is 6.55. The Morgan fingerprint density at radius 1 is 1.10 bits per heavy atom. The average molecular weight is 425 g/mol. The zero-order valence-corrected chi connectivity index (χ0v) is 22.0. The Bertz CT molecular complexity index is 561. The van der Waals surface area contributed by atoms with Gasteiger partial charge in [0.2, 0.25) is 0 Å². The summed E-state index contributed by atoms with van der Waals surface area (Å²) in [5.74, 6) is 0.597. The molecule has 1 rings (SSSR count). The van der Waals surface area contributed by atoms with Crippen LogP contribution in [0, 0.1) is 5.92 Å². The normalized spacial score (nSPS) is 27.7. The van der Waals surface area contributed by atoms with Crippen LogP contribution in [0.1, 0.15) is 93.9 Å². The van der Waals surface area contributed by atoms with Crippen molar-refractivity contribution < 1.29 is 14.2 Å². The Kier molecular flexibility index (Phi) is 9.86. The fraction of sp³-hybridized carbons (Fsp3) is 0.840. The molecule has 4 heteroatoms. The van der Waals surface area contributed by atoms with E-state index in [9.17, 15) is 0 Å². The van der Waals surface area contributed by atoms with Gasteiger partial charge in [-0.15, -0.1) is 0 Å². The number of hydrogen-bond acceptors (Lipinski definition) is 3. The summed E-state index contributed by atoms with van der Waals surface area (Å²) >= 11 is 0. The molecule has 1 heterocycles. The van der Waals surface area contributed by atoms with Crippen molar-refractivity contribution in [3.8, 4) is 0 Å².